The second-order valence-corrected chi connectivity index (χ2v) is 3.85. The van der Waals surface area contributed by atoms with Gasteiger partial charge >= 0.3 is 5.69 Å². The summed E-state index contributed by atoms with van der Waals surface area (Å²) in [6.45, 7) is 2.91. The maximum Gasteiger partial charge on any atom is 0.325 e. The highest BCUT2D eigenvalue weighted by Gasteiger charge is 2.38. The third-order valence-corrected chi connectivity index (χ3v) is 2.50. The molecule has 1 aliphatic heterocycles. The van der Waals surface area contributed by atoms with Gasteiger partial charge in [0, 0.05) is 0 Å². The van der Waals surface area contributed by atoms with Crippen molar-refractivity contribution in [3.8, 4) is 0 Å². The van der Waals surface area contributed by atoms with E-state index in [1.54, 1.807) is 0 Å². The molecule has 0 N–H and O–H groups in total. The molecular formula is C7H8ClN3O3. The van der Waals surface area contributed by atoms with Crippen LogP contribution in [0.4, 0.5) is 5.69 Å². The molecule has 2 heterocycles. The number of nitro groups is 1. The maximum atomic E-state index is 10.5. The molecule has 0 spiro atoms. The van der Waals surface area contributed by atoms with Crippen molar-refractivity contribution >= 4 is 17.3 Å². The third-order valence-electron chi connectivity index (χ3n) is 2.23. The number of nitrogens with zero attached hydrogens (tertiary/aromatic N) is 3. The zero-order chi connectivity index (χ0) is 10.3. The van der Waals surface area contributed by atoms with Crippen molar-refractivity contribution in [2.75, 3.05) is 13.2 Å². The molecule has 1 aliphatic rings. The lowest BCUT2D eigenvalue weighted by Crippen LogP contribution is -2.49. The van der Waals surface area contributed by atoms with Crippen LogP contribution in [-0.2, 0) is 10.3 Å². The number of aromatic nitrogens is 2. The Morgan fingerprint density at radius 3 is 2.79 bits per heavy atom. The van der Waals surface area contributed by atoms with Gasteiger partial charge in [0.2, 0.25) is 5.15 Å². The molecule has 1 fully saturated rings. The average molecular weight is 218 g/mol. The molecule has 0 radical (unpaired) electrons. The Morgan fingerprint density at radius 2 is 2.43 bits per heavy atom. The van der Waals surface area contributed by atoms with Crippen LogP contribution in [0.15, 0.2) is 6.20 Å². The zero-order valence-electron chi connectivity index (χ0n) is 7.44. The molecule has 14 heavy (non-hydrogen) atoms. The van der Waals surface area contributed by atoms with E-state index in [2.05, 4.69) is 5.10 Å². The fraction of sp³-hybridized carbons (Fsp3) is 0.571. The van der Waals surface area contributed by atoms with E-state index in [-0.39, 0.29) is 16.4 Å². The smallest absolute Gasteiger partial charge is 0.325 e. The third kappa shape index (κ3) is 1.27. The van der Waals surface area contributed by atoms with Crippen LogP contribution in [0.25, 0.3) is 0 Å². The summed E-state index contributed by atoms with van der Waals surface area (Å²) in [4.78, 5) is 9.96. The Kier molecular flexibility index (Phi) is 1.97. The number of hydrogen-bond donors (Lipinski definition) is 0. The molecular weight excluding hydrogens is 210 g/mol. The first-order valence-electron chi connectivity index (χ1n) is 4.01. The first-order chi connectivity index (χ1) is 6.53. The molecule has 2 rings (SSSR count). The molecule has 1 saturated heterocycles. The molecule has 1 aromatic heterocycles. The van der Waals surface area contributed by atoms with Crippen LogP contribution in [0.2, 0.25) is 5.15 Å². The van der Waals surface area contributed by atoms with Gasteiger partial charge in [-0.1, -0.05) is 11.6 Å². The van der Waals surface area contributed by atoms with Crippen LogP contribution in [0.5, 0.6) is 0 Å². The number of rotatable bonds is 2. The van der Waals surface area contributed by atoms with Gasteiger partial charge in [-0.05, 0) is 6.92 Å². The predicted molar refractivity (Wildman–Crippen MR) is 48.4 cm³/mol. The molecule has 0 aromatic carbocycles. The Bertz CT molecular complexity index is 386. The van der Waals surface area contributed by atoms with Gasteiger partial charge in [0.1, 0.15) is 11.7 Å². The van der Waals surface area contributed by atoms with Crippen molar-refractivity contribution in [3.63, 3.8) is 0 Å². The van der Waals surface area contributed by atoms with Crippen LogP contribution in [0.1, 0.15) is 6.92 Å². The van der Waals surface area contributed by atoms with E-state index in [4.69, 9.17) is 16.3 Å². The maximum absolute atomic E-state index is 10.5. The van der Waals surface area contributed by atoms with Gasteiger partial charge in [-0.15, -0.1) is 0 Å². The summed E-state index contributed by atoms with van der Waals surface area (Å²) in [5.74, 6) is 0. The molecule has 76 valence electrons. The fourth-order valence-electron chi connectivity index (χ4n) is 1.27. The van der Waals surface area contributed by atoms with Crippen molar-refractivity contribution in [2.45, 2.75) is 12.5 Å². The average Bonchev–Trinajstić information content (AvgIpc) is 2.43. The van der Waals surface area contributed by atoms with Gasteiger partial charge in [-0.25, -0.2) is 0 Å². The number of halogens is 1. The Hall–Kier alpha value is -1.14. The molecule has 0 aliphatic carbocycles. The standard InChI is InChI=1S/C7H8ClN3O3/c1-7(3-14-4-7)10-2-5(11(12)13)6(8)9-10/h2H,3-4H2,1H3. The second-order valence-electron chi connectivity index (χ2n) is 3.50. The van der Waals surface area contributed by atoms with Gasteiger partial charge in [-0.3, -0.25) is 14.8 Å². The van der Waals surface area contributed by atoms with E-state index in [0.717, 1.165) is 0 Å². The van der Waals surface area contributed by atoms with E-state index < -0.39 is 4.92 Å². The van der Waals surface area contributed by atoms with Gasteiger partial charge in [0.15, 0.2) is 0 Å². The molecule has 0 bridgehead atoms. The lowest BCUT2D eigenvalue weighted by atomic mass is 10.0. The van der Waals surface area contributed by atoms with Crippen molar-refractivity contribution in [1.29, 1.82) is 0 Å². The van der Waals surface area contributed by atoms with E-state index in [1.165, 1.54) is 10.9 Å². The highest BCUT2D eigenvalue weighted by atomic mass is 35.5. The largest absolute Gasteiger partial charge is 0.376 e. The number of ether oxygens (including phenoxy) is 1. The topological polar surface area (TPSA) is 70.2 Å². The zero-order valence-corrected chi connectivity index (χ0v) is 8.19. The fourth-order valence-corrected chi connectivity index (χ4v) is 1.47. The molecule has 0 amide bonds. The Balaban J connectivity index is 2.37. The monoisotopic (exact) mass is 217 g/mol. The minimum atomic E-state index is -0.547. The summed E-state index contributed by atoms with van der Waals surface area (Å²) in [7, 11) is 0. The van der Waals surface area contributed by atoms with Crippen molar-refractivity contribution in [1.82, 2.24) is 9.78 Å². The van der Waals surface area contributed by atoms with Crippen LogP contribution in [0, 0.1) is 10.1 Å². The van der Waals surface area contributed by atoms with Crippen LogP contribution >= 0.6 is 11.6 Å². The summed E-state index contributed by atoms with van der Waals surface area (Å²) in [5, 5.41) is 14.3. The van der Waals surface area contributed by atoms with Crippen LogP contribution in [-0.4, -0.2) is 27.9 Å². The number of hydrogen-bond acceptors (Lipinski definition) is 4. The summed E-state index contributed by atoms with van der Waals surface area (Å²) in [5.41, 5.74) is -0.461. The van der Waals surface area contributed by atoms with Gasteiger partial charge in [-0.2, -0.15) is 5.10 Å². The molecule has 0 unspecified atom stereocenters. The highest BCUT2D eigenvalue weighted by molar-refractivity contribution is 6.31. The lowest BCUT2D eigenvalue weighted by molar-refractivity contribution is -0.384. The van der Waals surface area contributed by atoms with E-state index in [0.29, 0.717) is 13.2 Å². The predicted octanol–water partition coefficient (Wildman–Crippen LogP) is 1.19. The normalized spacial score (nSPS) is 19.0. The van der Waals surface area contributed by atoms with Gasteiger partial charge < -0.3 is 4.74 Å². The summed E-state index contributed by atoms with van der Waals surface area (Å²) in [6.07, 6.45) is 1.34. The summed E-state index contributed by atoms with van der Waals surface area (Å²) >= 11 is 5.61. The minimum Gasteiger partial charge on any atom is -0.376 e. The van der Waals surface area contributed by atoms with Gasteiger partial charge in [0.05, 0.1) is 18.1 Å². The first-order valence-corrected chi connectivity index (χ1v) is 4.38. The highest BCUT2D eigenvalue weighted by Crippen LogP contribution is 2.30. The summed E-state index contributed by atoms with van der Waals surface area (Å²) in [6, 6.07) is 0. The minimum absolute atomic E-state index is 0.0804. The van der Waals surface area contributed by atoms with Crippen LogP contribution < -0.4 is 0 Å². The van der Waals surface area contributed by atoms with Gasteiger partial charge in [0.25, 0.3) is 0 Å². The van der Waals surface area contributed by atoms with E-state index >= 15 is 0 Å². The van der Waals surface area contributed by atoms with E-state index in [9.17, 15) is 10.1 Å². The van der Waals surface area contributed by atoms with E-state index in [1.807, 2.05) is 6.92 Å². The SMILES string of the molecule is CC1(n2cc([N+](=O)[O-])c(Cl)n2)COC1. The second kappa shape index (κ2) is 2.93. The first kappa shape index (κ1) is 9.42. The molecule has 7 heteroatoms. The Morgan fingerprint density at radius 1 is 1.79 bits per heavy atom. The molecule has 0 atom stereocenters. The lowest BCUT2D eigenvalue weighted by Gasteiger charge is -2.37. The van der Waals surface area contributed by atoms with Crippen LogP contribution in [0.3, 0.4) is 0 Å². The summed E-state index contributed by atoms with van der Waals surface area (Å²) < 4.78 is 6.53. The van der Waals surface area contributed by atoms with Crippen molar-refractivity contribution in [2.24, 2.45) is 0 Å². The molecule has 0 saturated carbocycles. The molecule has 1 aromatic rings. The van der Waals surface area contributed by atoms with Crippen molar-refractivity contribution in [3.05, 3.63) is 21.5 Å². The molecule has 6 nitrogen and oxygen atoms in total. The van der Waals surface area contributed by atoms with Crippen molar-refractivity contribution < 1.29 is 9.66 Å². The Labute approximate surface area is 84.6 Å². The quantitative estimate of drug-likeness (QED) is 0.551.